The Balaban J connectivity index is 1.67. The molecule has 0 spiro atoms. The van der Waals surface area contributed by atoms with Crippen LogP contribution in [0.3, 0.4) is 0 Å². The normalized spacial score (nSPS) is 10.9. The van der Waals surface area contributed by atoms with E-state index in [1.54, 1.807) is 36.4 Å². The minimum Gasteiger partial charge on any atom is -0.494 e. The van der Waals surface area contributed by atoms with E-state index in [1.807, 2.05) is 31.2 Å². The lowest BCUT2D eigenvalue weighted by atomic mass is 10.1. The number of ether oxygens (including phenoxy) is 1. The van der Waals surface area contributed by atoms with Crippen LogP contribution < -0.4 is 14.8 Å². The first kappa shape index (κ1) is 20.4. The highest BCUT2D eigenvalue weighted by molar-refractivity contribution is 7.92. The molecule has 0 heterocycles. The highest BCUT2D eigenvalue weighted by atomic mass is 32.2. The molecule has 0 fully saturated rings. The van der Waals surface area contributed by atoms with Crippen LogP contribution in [0, 0.1) is 0 Å². The lowest BCUT2D eigenvalue weighted by Crippen LogP contribution is -2.23. The molecule has 150 valence electrons. The Morgan fingerprint density at radius 3 is 2.45 bits per heavy atom. The first-order valence-corrected chi connectivity index (χ1v) is 10.6. The van der Waals surface area contributed by atoms with E-state index in [4.69, 9.17) is 4.74 Å². The van der Waals surface area contributed by atoms with Gasteiger partial charge in [0.05, 0.1) is 11.5 Å². The molecule has 0 bridgehead atoms. The van der Waals surface area contributed by atoms with Crippen LogP contribution in [0.25, 0.3) is 0 Å². The highest BCUT2D eigenvalue weighted by Crippen LogP contribution is 2.17. The van der Waals surface area contributed by atoms with Gasteiger partial charge in [-0.25, -0.2) is 8.42 Å². The Morgan fingerprint density at radius 2 is 1.69 bits per heavy atom. The Morgan fingerprint density at radius 1 is 0.931 bits per heavy atom. The Kier molecular flexibility index (Phi) is 6.51. The van der Waals surface area contributed by atoms with Crippen LogP contribution in [-0.4, -0.2) is 20.9 Å². The second-order valence-corrected chi connectivity index (χ2v) is 7.94. The summed E-state index contributed by atoms with van der Waals surface area (Å²) < 4.78 is 32.9. The van der Waals surface area contributed by atoms with E-state index in [-0.39, 0.29) is 10.8 Å². The third-order valence-electron chi connectivity index (χ3n) is 4.09. The summed E-state index contributed by atoms with van der Waals surface area (Å²) in [5, 5.41) is 2.83. The van der Waals surface area contributed by atoms with Gasteiger partial charge in [0, 0.05) is 17.8 Å². The van der Waals surface area contributed by atoms with Crippen molar-refractivity contribution < 1.29 is 17.9 Å². The second-order valence-electron chi connectivity index (χ2n) is 6.26. The third kappa shape index (κ3) is 5.58. The van der Waals surface area contributed by atoms with E-state index >= 15 is 0 Å². The number of anilines is 1. The molecule has 6 nitrogen and oxygen atoms in total. The van der Waals surface area contributed by atoms with Crippen molar-refractivity contribution >= 4 is 21.6 Å². The Labute approximate surface area is 170 Å². The monoisotopic (exact) mass is 410 g/mol. The van der Waals surface area contributed by atoms with Crippen LogP contribution in [0.2, 0.25) is 0 Å². The molecule has 0 unspecified atom stereocenters. The number of sulfonamides is 1. The maximum atomic E-state index is 12.5. The molecule has 0 aromatic heterocycles. The molecule has 0 atom stereocenters. The average molecular weight is 410 g/mol. The molecule has 7 heteroatoms. The molecular weight excluding hydrogens is 388 g/mol. The number of hydrogen-bond donors (Lipinski definition) is 2. The molecule has 0 aliphatic rings. The fraction of sp³-hybridized carbons (Fsp3) is 0.136. The smallest absolute Gasteiger partial charge is 0.261 e. The van der Waals surface area contributed by atoms with E-state index in [9.17, 15) is 13.2 Å². The van der Waals surface area contributed by atoms with Crippen LogP contribution in [0.15, 0.2) is 83.8 Å². The van der Waals surface area contributed by atoms with Crippen LogP contribution in [0.4, 0.5) is 5.69 Å². The molecule has 3 aromatic carbocycles. The van der Waals surface area contributed by atoms with Crippen molar-refractivity contribution in [3.8, 4) is 5.75 Å². The molecule has 0 aliphatic carbocycles. The molecule has 3 rings (SSSR count). The predicted octanol–water partition coefficient (Wildman–Crippen LogP) is 3.82. The van der Waals surface area contributed by atoms with Gasteiger partial charge in [-0.1, -0.05) is 36.4 Å². The van der Waals surface area contributed by atoms with Crippen LogP contribution in [0.1, 0.15) is 22.8 Å². The van der Waals surface area contributed by atoms with Crippen molar-refractivity contribution in [2.75, 3.05) is 11.3 Å². The molecule has 0 aliphatic heterocycles. The summed E-state index contributed by atoms with van der Waals surface area (Å²) >= 11 is 0. The molecule has 3 aromatic rings. The summed E-state index contributed by atoms with van der Waals surface area (Å²) in [6.07, 6.45) is 0. The summed E-state index contributed by atoms with van der Waals surface area (Å²) in [5.74, 6) is 0.448. The average Bonchev–Trinajstić information content (AvgIpc) is 2.73. The minimum atomic E-state index is -3.72. The van der Waals surface area contributed by atoms with Gasteiger partial charge in [0.2, 0.25) is 0 Å². The molecule has 0 saturated heterocycles. The van der Waals surface area contributed by atoms with Crippen molar-refractivity contribution in [3.05, 3.63) is 90.0 Å². The lowest BCUT2D eigenvalue weighted by molar-refractivity contribution is 0.0951. The van der Waals surface area contributed by atoms with Crippen molar-refractivity contribution in [2.24, 2.45) is 0 Å². The van der Waals surface area contributed by atoms with Gasteiger partial charge in [0.1, 0.15) is 5.75 Å². The second kappa shape index (κ2) is 9.25. The molecule has 1 amide bonds. The maximum Gasteiger partial charge on any atom is 0.261 e. The zero-order chi connectivity index (χ0) is 20.7. The van der Waals surface area contributed by atoms with Crippen LogP contribution in [0.5, 0.6) is 5.75 Å². The number of carbonyl (C=O) groups is 1. The van der Waals surface area contributed by atoms with Crippen molar-refractivity contribution in [2.45, 2.75) is 18.4 Å². The molecule has 2 N–H and O–H groups in total. The summed E-state index contributed by atoms with van der Waals surface area (Å²) in [5.41, 5.74) is 1.59. The fourth-order valence-electron chi connectivity index (χ4n) is 2.73. The van der Waals surface area contributed by atoms with E-state index in [1.165, 1.54) is 18.2 Å². The van der Waals surface area contributed by atoms with E-state index < -0.39 is 10.0 Å². The van der Waals surface area contributed by atoms with Crippen molar-refractivity contribution in [3.63, 3.8) is 0 Å². The number of carbonyl (C=O) groups excluding carboxylic acids is 1. The maximum absolute atomic E-state index is 12.5. The Bertz CT molecular complexity index is 1080. The zero-order valence-corrected chi connectivity index (χ0v) is 16.8. The predicted molar refractivity (Wildman–Crippen MR) is 112 cm³/mol. The molecule has 0 saturated carbocycles. The number of amides is 1. The third-order valence-corrected chi connectivity index (χ3v) is 5.49. The topological polar surface area (TPSA) is 84.5 Å². The quantitative estimate of drug-likeness (QED) is 0.591. The summed E-state index contributed by atoms with van der Waals surface area (Å²) in [4.78, 5) is 12.7. The Hall–Kier alpha value is -3.32. The van der Waals surface area contributed by atoms with Crippen molar-refractivity contribution in [1.82, 2.24) is 5.32 Å². The summed E-state index contributed by atoms with van der Waals surface area (Å²) in [7, 11) is -3.72. The lowest BCUT2D eigenvalue weighted by Gasteiger charge is -2.10. The van der Waals surface area contributed by atoms with Gasteiger partial charge in [0.15, 0.2) is 0 Å². The van der Waals surface area contributed by atoms with Gasteiger partial charge < -0.3 is 10.1 Å². The van der Waals surface area contributed by atoms with E-state index in [2.05, 4.69) is 10.0 Å². The van der Waals surface area contributed by atoms with Crippen LogP contribution in [-0.2, 0) is 16.6 Å². The highest BCUT2D eigenvalue weighted by Gasteiger charge is 2.14. The molecular formula is C22H22N2O4S. The first-order valence-electron chi connectivity index (χ1n) is 9.16. The number of rotatable bonds is 8. The van der Waals surface area contributed by atoms with E-state index in [0.29, 0.717) is 24.4 Å². The number of nitrogens with one attached hydrogen (secondary N) is 2. The van der Waals surface area contributed by atoms with Gasteiger partial charge in [-0.2, -0.15) is 0 Å². The van der Waals surface area contributed by atoms with Gasteiger partial charge >= 0.3 is 0 Å². The minimum absolute atomic E-state index is 0.157. The zero-order valence-electron chi connectivity index (χ0n) is 16.0. The summed E-state index contributed by atoms with van der Waals surface area (Å²) in [6, 6.07) is 21.9. The number of hydrogen-bond acceptors (Lipinski definition) is 4. The van der Waals surface area contributed by atoms with Gasteiger partial charge in [-0.3, -0.25) is 9.52 Å². The molecule has 29 heavy (non-hydrogen) atoms. The SMILES string of the molecule is CCOc1cccc(CNC(=O)c2cccc(NS(=O)(=O)c3ccccc3)c2)c1. The van der Waals surface area contributed by atoms with Gasteiger partial charge in [-0.15, -0.1) is 0 Å². The van der Waals surface area contributed by atoms with Gasteiger partial charge in [0.25, 0.3) is 15.9 Å². The van der Waals surface area contributed by atoms with Crippen molar-refractivity contribution in [1.29, 1.82) is 0 Å². The van der Waals surface area contributed by atoms with E-state index in [0.717, 1.165) is 11.3 Å². The fourth-order valence-corrected chi connectivity index (χ4v) is 3.80. The van der Waals surface area contributed by atoms with Crippen LogP contribution >= 0.6 is 0 Å². The number of benzene rings is 3. The van der Waals surface area contributed by atoms with Gasteiger partial charge in [-0.05, 0) is 55.0 Å². The largest absolute Gasteiger partial charge is 0.494 e. The summed E-state index contributed by atoms with van der Waals surface area (Å²) in [6.45, 7) is 2.81. The first-order chi connectivity index (χ1) is 14.0. The standard InChI is InChI=1S/C22H22N2O4S/c1-2-28-20-11-6-8-17(14-20)16-23-22(25)18-9-7-10-19(15-18)24-29(26,27)21-12-4-3-5-13-21/h3-15,24H,2,16H2,1H3,(H,23,25). The molecule has 0 radical (unpaired) electrons.